The maximum absolute atomic E-state index is 12.9. The average Bonchev–Trinajstić information content (AvgIpc) is 2.43. The highest BCUT2D eigenvalue weighted by Gasteiger charge is 2.21. The third-order valence-electron chi connectivity index (χ3n) is 3.24. The fourth-order valence-corrected chi connectivity index (χ4v) is 2.42. The lowest BCUT2D eigenvalue weighted by Crippen LogP contribution is -2.31. The number of fused-ring (bicyclic) bond motifs is 1. The van der Waals surface area contributed by atoms with E-state index < -0.39 is 0 Å². The molecule has 0 bridgehead atoms. The molecule has 19 heavy (non-hydrogen) atoms. The van der Waals surface area contributed by atoms with Crippen molar-refractivity contribution in [1.82, 2.24) is 5.48 Å². The van der Waals surface area contributed by atoms with Gasteiger partial charge in [0.1, 0.15) is 16.9 Å². The van der Waals surface area contributed by atoms with Crippen LogP contribution in [0, 0.1) is 5.82 Å². The molecule has 1 aliphatic heterocycles. The molecule has 0 saturated carbocycles. The van der Waals surface area contributed by atoms with Crippen molar-refractivity contribution in [2.45, 2.75) is 13.0 Å². The topological polar surface area (TPSA) is 21.3 Å². The Bertz CT molecular complexity index is 639. The summed E-state index contributed by atoms with van der Waals surface area (Å²) in [4.78, 5) is 5.97. The maximum Gasteiger partial charge on any atom is 0.131 e. The average molecular weight is 273 g/mol. The Morgan fingerprint density at radius 2 is 1.79 bits per heavy atom. The highest BCUT2D eigenvalue weighted by Crippen LogP contribution is 2.30. The van der Waals surface area contributed by atoms with E-state index >= 15 is 0 Å². The molecule has 0 aromatic heterocycles. The predicted molar refractivity (Wildman–Crippen MR) is 76.2 cm³/mol. The van der Waals surface area contributed by atoms with E-state index in [-0.39, 0.29) is 11.9 Å². The SMILES string of the molecule is CC1ONC(=S)c2ccc(-c3ccc(F)cc3)cc21. The molecule has 4 heteroatoms. The summed E-state index contributed by atoms with van der Waals surface area (Å²) in [5.74, 6) is -0.233. The van der Waals surface area contributed by atoms with Gasteiger partial charge in [0.05, 0.1) is 0 Å². The number of hydrogen-bond donors (Lipinski definition) is 1. The first kappa shape index (κ1) is 12.3. The third-order valence-corrected chi connectivity index (χ3v) is 3.54. The van der Waals surface area contributed by atoms with Gasteiger partial charge in [-0.2, -0.15) is 0 Å². The minimum Gasteiger partial charge on any atom is -0.267 e. The largest absolute Gasteiger partial charge is 0.267 e. The molecule has 0 saturated heterocycles. The maximum atomic E-state index is 12.9. The van der Waals surface area contributed by atoms with E-state index in [0.29, 0.717) is 4.99 Å². The molecule has 96 valence electrons. The summed E-state index contributed by atoms with van der Waals surface area (Å²) < 4.78 is 12.9. The molecule has 3 rings (SSSR count). The van der Waals surface area contributed by atoms with Gasteiger partial charge in [-0.15, -0.1) is 0 Å². The molecule has 2 aromatic rings. The molecule has 1 unspecified atom stereocenters. The molecule has 1 heterocycles. The van der Waals surface area contributed by atoms with Crippen LogP contribution in [0.4, 0.5) is 4.39 Å². The zero-order valence-corrected chi connectivity index (χ0v) is 11.1. The van der Waals surface area contributed by atoms with Crippen LogP contribution in [0.5, 0.6) is 0 Å². The van der Waals surface area contributed by atoms with Gasteiger partial charge in [0.15, 0.2) is 0 Å². The van der Waals surface area contributed by atoms with Gasteiger partial charge in [0.25, 0.3) is 0 Å². The summed E-state index contributed by atoms with van der Waals surface area (Å²) in [5.41, 5.74) is 6.77. The molecule has 0 fully saturated rings. The highest BCUT2D eigenvalue weighted by molar-refractivity contribution is 7.80. The number of benzene rings is 2. The van der Waals surface area contributed by atoms with Gasteiger partial charge in [-0.05, 0) is 41.8 Å². The Labute approximate surface area is 116 Å². The van der Waals surface area contributed by atoms with E-state index in [4.69, 9.17) is 17.1 Å². The second-order valence-corrected chi connectivity index (χ2v) is 4.91. The predicted octanol–water partition coefficient (Wildman–Crippen LogP) is 3.76. The minimum atomic E-state index is -0.233. The monoisotopic (exact) mass is 273 g/mol. The first-order chi connectivity index (χ1) is 9.15. The smallest absolute Gasteiger partial charge is 0.131 e. The number of nitrogens with one attached hydrogen (secondary N) is 1. The van der Waals surface area contributed by atoms with Crippen molar-refractivity contribution >= 4 is 17.2 Å². The summed E-state index contributed by atoms with van der Waals surface area (Å²) >= 11 is 5.20. The van der Waals surface area contributed by atoms with Crippen molar-refractivity contribution in [2.24, 2.45) is 0 Å². The molecular weight excluding hydrogens is 261 g/mol. The normalized spacial score (nSPS) is 17.8. The third kappa shape index (κ3) is 2.25. The van der Waals surface area contributed by atoms with Crippen LogP contribution in [-0.2, 0) is 4.84 Å². The molecule has 0 spiro atoms. The number of rotatable bonds is 1. The molecule has 0 amide bonds. The number of hydrogen-bond acceptors (Lipinski definition) is 2. The minimum absolute atomic E-state index is 0.0675. The Balaban J connectivity index is 2.08. The summed E-state index contributed by atoms with van der Waals surface area (Å²) in [6.45, 7) is 1.96. The Hall–Kier alpha value is -1.78. The van der Waals surface area contributed by atoms with Crippen LogP contribution in [0.25, 0.3) is 11.1 Å². The second-order valence-electron chi connectivity index (χ2n) is 4.50. The lowest BCUT2D eigenvalue weighted by atomic mass is 9.96. The van der Waals surface area contributed by atoms with Crippen LogP contribution in [0.3, 0.4) is 0 Å². The van der Waals surface area contributed by atoms with Crippen molar-refractivity contribution in [1.29, 1.82) is 0 Å². The Morgan fingerprint density at radius 1 is 1.11 bits per heavy atom. The van der Waals surface area contributed by atoms with Gasteiger partial charge in [-0.3, -0.25) is 10.3 Å². The fourth-order valence-electron chi connectivity index (χ4n) is 2.19. The second kappa shape index (κ2) is 4.72. The number of hydroxylamine groups is 1. The van der Waals surface area contributed by atoms with Crippen molar-refractivity contribution in [3.05, 3.63) is 59.4 Å². The lowest BCUT2D eigenvalue weighted by Gasteiger charge is -2.25. The number of thiocarbonyl (C=S) groups is 1. The van der Waals surface area contributed by atoms with E-state index in [1.54, 1.807) is 12.1 Å². The van der Waals surface area contributed by atoms with Gasteiger partial charge in [0.2, 0.25) is 0 Å². The summed E-state index contributed by atoms with van der Waals surface area (Å²) in [6.07, 6.45) is -0.0675. The van der Waals surface area contributed by atoms with Crippen molar-refractivity contribution < 1.29 is 9.23 Å². The molecule has 1 atom stereocenters. The van der Waals surface area contributed by atoms with Crippen LogP contribution < -0.4 is 5.48 Å². The lowest BCUT2D eigenvalue weighted by molar-refractivity contribution is 0.0162. The summed E-state index contributed by atoms with van der Waals surface area (Å²) in [7, 11) is 0. The van der Waals surface area contributed by atoms with Gasteiger partial charge in [-0.25, -0.2) is 4.39 Å². The molecule has 2 nitrogen and oxygen atoms in total. The van der Waals surface area contributed by atoms with Crippen molar-refractivity contribution in [2.75, 3.05) is 0 Å². The van der Waals surface area contributed by atoms with E-state index in [1.165, 1.54) is 12.1 Å². The molecule has 1 aliphatic rings. The van der Waals surface area contributed by atoms with Crippen LogP contribution in [0.15, 0.2) is 42.5 Å². The zero-order chi connectivity index (χ0) is 13.4. The Morgan fingerprint density at radius 3 is 2.53 bits per heavy atom. The van der Waals surface area contributed by atoms with Crippen molar-refractivity contribution in [3.63, 3.8) is 0 Å². The molecule has 0 radical (unpaired) electrons. The van der Waals surface area contributed by atoms with Crippen LogP contribution >= 0.6 is 12.2 Å². The molecule has 0 aliphatic carbocycles. The van der Waals surface area contributed by atoms with Gasteiger partial charge < -0.3 is 0 Å². The first-order valence-corrected chi connectivity index (χ1v) is 6.42. The zero-order valence-electron chi connectivity index (χ0n) is 10.3. The van der Waals surface area contributed by atoms with Crippen LogP contribution in [0.1, 0.15) is 24.2 Å². The van der Waals surface area contributed by atoms with E-state index in [1.807, 2.05) is 25.1 Å². The first-order valence-electron chi connectivity index (χ1n) is 6.01. The summed E-state index contributed by atoms with van der Waals surface area (Å²) in [5, 5.41) is 0. The quantitative estimate of drug-likeness (QED) is 0.799. The number of halogens is 1. The van der Waals surface area contributed by atoms with E-state index in [0.717, 1.165) is 22.3 Å². The van der Waals surface area contributed by atoms with E-state index in [9.17, 15) is 4.39 Å². The van der Waals surface area contributed by atoms with Crippen molar-refractivity contribution in [3.8, 4) is 11.1 Å². The highest BCUT2D eigenvalue weighted by atomic mass is 32.1. The van der Waals surface area contributed by atoms with Crippen LogP contribution in [0.2, 0.25) is 0 Å². The molecular formula is C15H12FNOS. The van der Waals surface area contributed by atoms with E-state index in [2.05, 4.69) is 5.48 Å². The molecule has 1 N–H and O–H groups in total. The standard InChI is InChI=1S/C15H12FNOS/c1-9-14-8-11(10-2-5-12(16)6-3-10)4-7-13(14)15(19)17-18-9/h2-9H,1H3,(H,17,19). The van der Waals surface area contributed by atoms with Gasteiger partial charge in [-0.1, -0.05) is 36.5 Å². The van der Waals surface area contributed by atoms with Gasteiger partial charge >= 0.3 is 0 Å². The fraction of sp³-hybridized carbons (Fsp3) is 0.133. The molecule has 2 aromatic carbocycles. The van der Waals surface area contributed by atoms with Gasteiger partial charge in [0, 0.05) is 5.56 Å². The summed E-state index contributed by atoms with van der Waals surface area (Å²) in [6, 6.07) is 12.5. The van der Waals surface area contributed by atoms with Crippen LogP contribution in [-0.4, -0.2) is 4.99 Å². The Kier molecular flexibility index (Phi) is 3.05.